The van der Waals surface area contributed by atoms with Crippen LogP contribution in [0.1, 0.15) is 11.1 Å². The summed E-state index contributed by atoms with van der Waals surface area (Å²) >= 11 is 1.61. The molecule has 0 aliphatic carbocycles. The molecule has 3 rings (SSSR count). The number of hydrogen-bond acceptors (Lipinski definition) is 5. The first-order valence-electron chi connectivity index (χ1n) is 6.02. The van der Waals surface area contributed by atoms with E-state index < -0.39 is 0 Å². The largest absolute Gasteiger partial charge is 0.399 e. The Morgan fingerprint density at radius 3 is 3.05 bits per heavy atom. The Kier molecular flexibility index (Phi) is 3.05. The van der Waals surface area contributed by atoms with E-state index in [1.165, 1.54) is 11.1 Å². The van der Waals surface area contributed by atoms with Crippen molar-refractivity contribution in [2.24, 2.45) is 0 Å². The molecule has 0 unspecified atom stereocenters. The second-order valence-corrected chi connectivity index (χ2v) is 5.43. The lowest BCUT2D eigenvalue weighted by atomic mass is 10.2. The molecule has 0 amide bonds. The molecule has 0 spiro atoms. The minimum absolute atomic E-state index is 0.731. The summed E-state index contributed by atoms with van der Waals surface area (Å²) in [5.74, 6) is 0. The van der Waals surface area contributed by atoms with E-state index in [2.05, 4.69) is 22.2 Å². The number of benzene rings is 1. The smallest absolute Gasteiger partial charge is 0.184 e. The standard InChI is InChI=1S/C14H14N4S/c1-9-4-5-16-7-10(9)8-17-14-18-12-3-2-11(15)6-13(12)19-14/h2-7H,8,15H2,1H3,(H,17,18). The Bertz CT molecular complexity index is 720. The molecular formula is C14H14N4S. The zero-order valence-corrected chi connectivity index (χ0v) is 11.4. The van der Waals surface area contributed by atoms with Gasteiger partial charge in [-0.15, -0.1) is 0 Å². The van der Waals surface area contributed by atoms with Crippen LogP contribution in [0.15, 0.2) is 36.7 Å². The summed E-state index contributed by atoms with van der Waals surface area (Å²) in [7, 11) is 0. The van der Waals surface area contributed by atoms with Crippen LogP contribution in [0.2, 0.25) is 0 Å². The van der Waals surface area contributed by atoms with Crippen LogP contribution in [-0.2, 0) is 6.54 Å². The molecule has 0 saturated carbocycles. The van der Waals surface area contributed by atoms with Crippen LogP contribution >= 0.6 is 11.3 Å². The number of rotatable bonds is 3. The summed E-state index contributed by atoms with van der Waals surface area (Å²) in [4.78, 5) is 8.67. The lowest BCUT2D eigenvalue weighted by molar-refractivity contribution is 1.08. The summed E-state index contributed by atoms with van der Waals surface area (Å²) in [6.07, 6.45) is 3.69. The van der Waals surface area contributed by atoms with Gasteiger partial charge in [0.05, 0.1) is 10.2 Å². The molecule has 2 aromatic heterocycles. The molecule has 3 N–H and O–H groups in total. The molecule has 5 heteroatoms. The molecular weight excluding hydrogens is 256 g/mol. The minimum Gasteiger partial charge on any atom is -0.399 e. The van der Waals surface area contributed by atoms with Crippen molar-refractivity contribution in [3.8, 4) is 0 Å². The van der Waals surface area contributed by atoms with Crippen LogP contribution in [0.5, 0.6) is 0 Å². The van der Waals surface area contributed by atoms with Crippen LogP contribution in [-0.4, -0.2) is 9.97 Å². The number of nitrogen functional groups attached to an aromatic ring is 1. The normalized spacial score (nSPS) is 10.8. The summed E-state index contributed by atoms with van der Waals surface area (Å²) in [5, 5.41) is 4.24. The first-order chi connectivity index (χ1) is 9.22. The molecule has 0 aliphatic heterocycles. The van der Waals surface area contributed by atoms with Crippen molar-refractivity contribution in [3.05, 3.63) is 47.8 Å². The molecule has 0 fully saturated rings. The zero-order chi connectivity index (χ0) is 13.2. The van der Waals surface area contributed by atoms with Gasteiger partial charge in [-0.3, -0.25) is 4.98 Å². The van der Waals surface area contributed by atoms with Gasteiger partial charge in [0.25, 0.3) is 0 Å². The van der Waals surface area contributed by atoms with Gasteiger partial charge in [0.15, 0.2) is 5.13 Å². The van der Waals surface area contributed by atoms with Crippen LogP contribution < -0.4 is 11.1 Å². The molecule has 19 heavy (non-hydrogen) atoms. The van der Waals surface area contributed by atoms with Gasteiger partial charge in [-0.25, -0.2) is 4.98 Å². The van der Waals surface area contributed by atoms with E-state index in [1.807, 2.05) is 30.5 Å². The molecule has 3 aromatic rings. The highest BCUT2D eigenvalue weighted by Gasteiger charge is 2.04. The minimum atomic E-state index is 0.731. The van der Waals surface area contributed by atoms with E-state index in [0.717, 1.165) is 27.6 Å². The molecule has 4 nitrogen and oxygen atoms in total. The van der Waals surface area contributed by atoms with Gasteiger partial charge in [-0.1, -0.05) is 11.3 Å². The van der Waals surface area contributed by atoms with Crippen LogP contribution in [0.25, 0.3) is 10.2 Å². The Morgan fingerprint density at radius 1 is 1.32 bits per heavy atom. The number of nitrogens with one attached hydrogen (secondary N) is 1. The fourth-order valence-corrected chi connectivity index (χ4v) is 2.78. The van der Waals surface area contributed by atoms with Gasteiger partial charge in [0.1, 0.15) is 0 Å². The maximum absolute atomic E-state index is 5.77. The Balaban J connectivity index is 1.80. The maximum atomic E-state index is 5.77. The number of nitrogens with zero attached hydrogens (tertiary/aromatic N) is 2. The van der Waals surface area contributed by atoms with Gasteiger partial charge in [0.2, 0.25) is 0 Å². The molecule has 96 valence electrons. The Hall–Kier alpha value is -2.14. The third-order valence-corrected chi connectivity index (χ3v) is 3.97. The summed E-state index contributed by atoms with van der Waals surface area (Å²) in [5.41, 5.74) is 9.93. The van der Waals surface area contributed by atoms with E-state index in [4.69, 9.17) is 5.73 Å². The Labute approximate surface area is 115 Å². The van der Waals surface area contributed by atoms with Crippen LogP contribution in [0, 0.1) is 6.92 Å². The maximum Gasteiger partial charge on any atom is 0.184 e. The first kappa shape index (κ1) is 11.9. The van der Waals surface area contributed by atoms with Gasteiger partial charge < -0.3 is 11.1 Å². The number of nitrogens with two attached hydrogens (primary N) is 1. The van der Waals surface area contributed by atoms with Crippen molar-refractivity contribution >= 4 is 32.4 Å². The van der Waals surface area contributed by atoms with Gasteiger partial charge in [0, 0.05) is 24.6 Å². The highest BCUT2D eigenvalue weighted by Crippen LogP contribution is 2.27. The quantitative estimate of drug-likeness (QED) is 0.717. The van der Waals surface area contributed by atoms with Crippen molar-refractivity contribution < 1.29 is 0 Å². The molecule has 0 radical (unpaired) electrons. The van der Waals surface area contributed by atoms with Crippen LogP contribution in [0.3, 0.4) is 0 Å². The predicted octanol–water partition coefficient (Wildman–Crippen LogP) is 3.19. The number of aromatic nitrogens is 2. The number of anilines is 2. The lowest BCUT2D eigenvalue weighted by Gasteiger charge is -2.04. The van der Waals surface area contributed by atoms with Crippen LogP contribution in [0.4, 0.5) is 10.8 Å². The first-order valence-corrected chi connectivity index (χ1v) is 6.83. The molecule has 0 bridgehead atoms. The fraction of sp³-hybridized carbons (Fsp3) is 0.143. The number of aryl methyl sites for hydroxylation is 1. The lowest BCUT2D eigenvalue weighted by Crippen LogP contribution is -2.01. The highest BCUT2D eigenvalue weighted by molar-refractivity contribution is 7.22. The highest BCUT2D eigenvalue weighted by atomic mass is 32.1. The number of pyridine rings is 1. The number of hydrogen-bond donors (Lipinski definition) is 2. The van der Waals surface area contributed by atoms with Crippen molar-refractivity contribution in [1.29, 1.82) is 0 Å². The van der Waals surface area contributed by atoms with E-state index in [1.54, 1.807) is 17.5 Å². The Morgan fingerprint density at radius 2 is 2.21 bits per heavy atom. The molecule has 0 saturated heterocycles. The topological polar surface area (TPSA) is 63.8 Å². The van der Waals surface area contributed by atoms with E-state index in [9.17, 15) is 0 Å². The third-order valence-electron chi connectivity index (χ3n) is 2.99. The molecule has 2 heterocycles. The van der Waals surface area contributed by atoms with E-state index >= 15 is 0 Å². The second-order valence-electron chi connectivity index (χ2n) is 4.40. The van der Waals surface area contributed by atoms with Gasteiger partial charge in [-0.2, -0.15) is 0 Å². The van der Waals surface area contributed by atoms with Gasteiger partial charge in [-0.05, 0) is 42.3 Å². The number of thiazole rings is 1. The SMILES string of the molecule is Cc1ccncc1CNc1nc2ccc(N)cc2s1. The molecule has 0 atom stereocenters. The monoisotopic (exact) mass is 270 g/mol. The molecule has 0 aliphatic rings. The third kappa shape index (κ3) is 2.51. The van der Waals surface area contributed by atoms with Crippen molar-refractivity contribution in [3.63, 3.8) is 0 Å². The molecule has 1 aromatic carbocycles. The van der Waals surface area contributed by atoms with Gasteiger partial charge >= 0.3 is 0 Å². The number of fused-ring (bicyclic) bond motifs is 1. The van der Waals surface area contributed by atoms with Crippen molar-refractivity contribution in [2.75, 3.05) is 11.1 Å². The summed E-state index contributed by atoms with van der Waals surface area (Å²) in [6, 6.07) is 7.78. The zero-order valence-electron chi connectivity index (χ0n) is 10.6. The average Bonchev–Trinajstić information content (AvgIpc) is 2.79. The van der Waals surface area contributed by atoms with E-state index in [-0.39, 0.29) is 0 Å². The summed E-state index contributed by atoms with van der Waals surface area (Å²) < 4.78 is 1.10. The fourth-order valence-electron chi connectivity index (χ4n) is 1.87. The second kappa shape index (κ2) is 4.85. The summed E-state index contributed by atoms with van der Waals surface area (Å²) in [6.45, 7) is 2.81. The van der Waals surface area contributed by atoms with Crippen molar-refractivity contribution in [2.45, 2.75) is 13.5 Å². The van der Waals surface area contributed by atoms with Crippen molar-refractivity contribution in [1.82, 2.24) is 9.97 Å². The average molecular weight is 270 g/mol. The predicted molar refractivity (Wildman–Crippen MR) is 80.3 cm³/mol. The van der Waals surface area contributed by atoms with E-state index in [0.29, 0.717) is 0 Å².